The molecule has 7 nitrogen and oxygen atoms in total. The molecule has 1 unspecified atom stereocenters. The van der Waals surface area contributed by atoms with Crippen LogP contribution >= 0.6 is 24.0 Å². The van der Waals surface area contributed by atoms with Crippen molar-refractivity contribution in [1.29, 1.82) is 0 Å². The smallest absolute Gasteiger partial charge is 0.191 e. The zero-order chi connectivity index (χ0) is 23.0. The third-order valence-corrected chi connectivity index (χ3v) is 5.34. The van der Waals surface area contributed by atoms with Gasteiger partial charge >= 0.3 is 0 Å². The number of guanidine groups is 1. The molecule has 2 aromatic carbocycles. The fraction of sp³-hybridized carbons (Fsp3) is 0.458. The first-order chi connectivity index (χ1) is 14.8. The minimum atomic E-state index is -0.173. The summed E-state index contributed by atoms with van der Waals surface area (Å²) >= 11 is 0. The summed E-state index contributed by atoms with van der Waals surface area (Å²) in [5, 5.41) is 6.87. The summed E-state index contributed by atoms with van der Waals surface area (Å²) < 4.78 is 21.7. The van der Waals surface area contributed by atoms with Crippen molar-refractivity contribution >= 4 is 29.9 Å². The summed E-state index contributed by atoms with van der Waals surface area (Å²) in [6, 6.07) is 11.7. The number of ether oxygens (including phenoxy) is 4. The number of rotatable bonds is 9. The Balaban J connectivity index is 0.00000512. The van der Waals surface area contributed by atoms with E-state index in [0.717, 1.165) is 22.6 Å². The maximum Gasteiger partial charge on any atom is 0.191 e. The first kappa shape index (κ1) is 27.7. The molecule has 1 atom stereocenters. The first-order valence-corrected chi connectivity index (χ1v) is 10.2. The Bertz CT molecular complexity index is 903. The normalized spacial score (nSPS) is 12.3. The predicted molar refractivity (Wildman–Crippen MR) is 140 cm³/mol. The summed E-state index contributed by atoms with van der Waals surface area (Å²) in [4.78, 5) is 4.39. The second kappa shape index (κ2) is 12.6. The molecule has 0 spiro atoms. The van der Waals surface area contributed by atoms with Gasteiger partial charge in [-0.25, -0.2) is 0 Å². The number of hydrogen-bond acceptors (Lipinski definition) is 5. The first-order valence-electron chi connectivity index (χ1n) is 10.2. The highest BCUT2D eigenvalue weighted by atomic mass is 127. The lowest BCUT2D eigenvalue weighted by Gasteiger charge is -2.28. The highest BCUT2D eigenvalue weighted by Gasteiger charge is 2.23. The predicted octanol–water partition coefficient (Wildman–Crippen LogP) is 4.54. The molecule has 0 saturated heterocycles. The van der Waals surface area contributed by atoms with E-state index in [1.54, 1.807) is 35.5 Å². The Morgan fingerprint density at radius 2 is 1.53 bits per heavy atom. The minimum Gasteiger partial charge on any atom is -0.497 e. The summed E-state index contributed by atoms with van der Waals surface area (Å²) in [6.07, 6.45) is 0. The molecule has 0 radical (unpaired) electrons. The Labute approximate surface area is 208 Å². The average molecular weight is 557 g/mol. The number of nitrogens with one attached hydrogen (secondary N) is 2. The maximum absolute atomic E-state index is 5.52. The van der Waals surface area contributed by atoms with Crippen molar-refractivity contribution in [1.82, 2.24) is 10.6 Å². The van der Waals surface area contributed by atoms with Gasteiger partial charge < -0.3 is 29.6 Å². The van der Waals surface area contributed by atoms with Crippen molar-refractivity contribution < 1.29 is 18.9 Å². The van der Waals surface area contributed by atoms with Crippen LogP contribution in [0.2, 0.25) is 0 Å². The largest absolute Gasteiger partial charge is 0.497 e. The molecule has 32 heavy (non-hydrogen) atoms. The van der Waals surface area contributed by atoms with Crippen molar-refractivity contribution in [3.63, 3.8) is 0 Å². The lowest BCUT2D eigenvalue weighted by atomic mass is 9.84. The van der Waals surface area contributed by atoms with Crippen LogP contribution in [0.4, 0.5) is 0 Å². The van der Waals surface area contributed by atoms with Gasteiger partial charge in [0.2, 0.25) is 0 Å². The summed E-state index contributed by atoms with van der Waals surface area (Å²) in [6.45, 7) is 7.07. The van der Waals surface area contributed by atoms with Gasteiger partial charge in [-0.2, -0.15) is 0 Å². The molecule has 0 aliphatic carbocycles. The van der Waals surface area contributed by atoms with Crippen LogP contribution in [0.5, 0.6) is 23.0 Å². The van der Waals surface area contributed by atoms with E-state index in [2.05, 4.69) is 42.5 Å². The van der Waals surface area contributed by atoms with Crippen LogP contribution in [0.15, 0.2) is 41.4 Å². The van der Waals surface area contributed by atoms with Gasteiger partial charge in [0.15, 0.2) is 17.5 Å². The highest BCUT2D eigenvalue weighted by molar-refractivity contribution is 14.0. The van der Waals surface area contributed by atoms with E-state index in [1.165, 1.54) is 0 Å². The number of aliphatic imine (C=N–C) groups is 1. The molecule has 0 saturated carbocycles. The third-order valence-electron chi connectivity index (χ3n) is 5.34. The van der Waals surface area contributed by atoms with Crippen LogP contribution in [0, 0.1) is 0 Å². The molecule has 178 valence electrons. The Kier molecular flexibility index (Phi) is 10.9. The number of hydrogen-bond donors (Lipinski definition) is 2. The van der Waals surface area contributed by atoms with Crippen LogP contribution in [0.1, 0.15) is 37.9 Å². The quantitative estimate of drug-likeness (QED) is 0.268. The van der Waals surface area contributed by atoms with Crippen LogP contribution in [-0.2, 0) is 5.41 Å². The van der Waals surface area contributed by atoms with Crippen molar-refractivity contribution in [2.75, 3.05) is 42.0 Å². The Morgan fingerprint density at radius 3 is 2.09 bits per heavy atom. The molecule has 2 rings (SSSR count). The Hall–Kier alpha value is -2.36. The van der Waals surface area contributed by atoms with E-state index in [-0.39, 0.29) is 35.4 Å². The van der Waals surface area contributed by atoms with Gasteiger partial charge in [-0.05, 0) is 42.8 Å². The SMILES string of the molecule is CN=C(NCC(C)(C)c1ccc(OC)c(OC)c1)NC(C)c1cc(OC)ccc1OC.I. The monoisotopic (exact) mass is 557 g/mol. The van der Waals surface area contributed by atoms with E-state index in [1.807, 2.05) is 30.3 Å². The van der Waals surface area contributed by atoms with Gasteiger partial charge in [0, 0.05) is 24.6 Å². The summed E-state index contributed by atoms with van der Waals surface area (Å²) in [7, 11) is 8.36. The van der Waals surface area contributed by atoms with Crippen LogP contribution in [-0.4, -0.2) is 48.0 Å². The van der Waals surface area contributed by atoms with Gasteiger partial charge in [-0.1, -0.05) is 19.9 Å². The molecule has 2 aromatic rings. The lowest BCUT2D eigenvalue weighted by Crippen LogP contribution is -2.44. The van der Waals surface area contributed by atoms with Gasteiger partial charge in [-0.15, -0.1) is 24.0 Å². The van der Waals surface area contributed by atoms with Gasteiger partial charge in [0.25, 0.3) is 0 Å². The van der Waals surface area contributed by atoms with Crippen LogP contribution < -0.4 is 29.6 Å². The van der Waals surface area contributed by atoms with E-state index in [9.17, 15) is 0 Å². The molecule has 2 N–H and O–H groups in total. The number of nitrogens with zero attached hydrogens (tertiary/aromatic N) is 1. The van der Waals surface area contributed by atoms with E-state index in [4.69, 9.17) is 18.9 Å². The molecule has 0 aliphatic rings. The van der Waals surface area contributed by atoms with Crippen molar-refractivity contribution in [3.8, 4) is 23.0 Å². The standard InChI is InChI=1S/C24H35N3O4.HI/c1-16(19-14-18(28-5)10-12-20(19)29-6)27-23(25-4)26-15-24(2,3)17-9-11-21(30-7)22(13-17)31-8;/h9-14,16H,15H2,1-8H3,(H2,25,26,27);1H. The second-order valence-electron chi connectivity index (χ2n) is 7.85. The van der Waals surface area contributed by atoms with Gasteiger partial charge in [0.1, 0.15) is 11.5 Å². The molecular weight excluding hydrogens is 521 g/mol. The van der Waals surface area contributed by atoms with Crippen molar-refractivity contribution in [2.24, 2.45) is 4.99 Å². The molecule has 0 bridgehead atoms. The summed E-state index contributed by atoms with van der Waals surface area (Å²) in [5.74, 6) is 3.71. The molecule has 0 fully saturated rings. The molecular formula is C24H36IN3O4. The maximum atomic E-state index is 5.52. The van der Waals surface area contributed by atoms with Crippen LogP contribution in [0.25, 0.3) is 0 Å². The molecule has 0 amide bonds. The highest BCUT2D eigenvalue weighted by Crippen LogP contribution is 2.33. The van der Waals surface area contributed by atoms with Crippen molar-refractivity contribution in [2.45, 2.75) is 32.2 Å². The number of methoxy groups -OCH3 is 4. The number of halogens is 1. The zero-order valence-electron chi connectivity index (χ0n) is 20.2. The van der Waals surface area contributed by atoms with Gasteiger partial charge in [0.05, 0.1) is 34.5 Å². The zero-order valence-corrected chi connectivity index (χ0v) is 22.6. The Morgan fingerprint density at radius 1 is 0.906 bits per heavy atom. The molecule has 0 aliphatic heterocycles. The molecule has 0 heterocycles. The lowest BCUT2D eigenvalue weighted by molar-refractivity contribution is 0.353. The minimum absolute atomic E-state index is 0. The average Bonchev–Trinajstić information content (AvgIpc) is 2.80. The van der Waals surface area contributed by atoms with E-state index >= 15 is 0 Å². The van der Waals surface area contributed by atoms with Crippen LogP contribution in [0.3, 0.4) is 0 Å². The van der Waals surface area contributed by atoms with E-state index in [0.29, 0.717) is 24.0 Å². The topological polar surface area (TPSA) is 73.3 Å². The van der Waals surface area contributed by atoms with Crippen molar-refractivity contribution in [3.05, 3.63) is 47.5 Å². The van der Waals surface area contributed by atoms with E-state index < -0.39 is 0 Å². The summed E-state index contributed by atoms with van der Waals surface area (Å²) in [5.41, 5.74) is 1.95. The molecule has 0 aromatic heterocycles. The number of benzene rings is 2. The second-order valence-corrected chi connectivity index (χ2v) is 7.85. The fourth-order valence-corrected chi connectivity index (χ4v) is 3.32. The third kappa shape index (κ3) is 6.82. The molecule has 8 heteroatoms. The van der Waals surface area contributed by atoms with Gasteiger partial charge in [-0.3, -0.25) is 4.99 Å². The fourth-order valence-electron chi connectivity index (χ4n) is 3.32.